The van der Waals surface area contributed by atoms with Crippen molar-refractivity contribution >= 4 is 5.57 Å². The average molecular weight is 479 g/mol. The smallest absolute Gasteiger partial charge is 0.259 e. The number of hydrogen-bond donors (Lipinski definition) is 4. The molecule has 1 aromatic heterocycles. The number of hydrogen-bond acceptors (Lipinski definition) is 9. The van der Waals surface area contributed by atoms with E-state index >= 15 is 0 Å². The number of rotatable bonds is 10. The molecule has 2 aromatic rings. The van der Waals surface area contributed by atoms with Gasteiger partial charge in [0.2, 0.25) is 5.82 Å². The maximum atomic E-state index is 9.81. The molecule has 2 heterocycles. The number of β-amino-alcohol motifs (C(OH)–C–C–N with tert-alkyl or cyclic N) is 1. The highest BCUT2D eigenvalue weighted by molar-refractivity contribution is 5.73. The van der Waals surface area contributed by atoms with Gasteiger partial charge in [0.1, 0.15) is 6.07 Å². The second kappa shape index (κ2) is 12.3. The largest absolute Gasteiger partial charge is 0.404 e. The van der Waals surface area contributed by atoms with Gasteiger partial charge in [-0.15, -0.1) is 0 Å². The van der Waals surface area contributed by atoms with Crippen LogP contribution in [0.5, 0.6) is 0 Å². The van der Waals surface area contributed by atoms with Gasteiger partial charge >= 0.3 is 0 Å². The van der Waals surface area contributed by atoms with Gasteiger partial charge < -0.3 is 30.7 Å². The SMILES string of the molecule is C=C(NCCC)/C(C#N)=C\C(=C/N)c1nc(-c2ccc3c(c2C)CCN(C[C@H](O)CO)CC3)no1. The molecule has 1 aromatic carbocycles. The third-order valence-electron chi connectivity index (χ3n) is 6.18. The molecular weight excluding hydrogens is 444 g/mol. The summed E-state index contributed by atoms with van der Waals surface area (Å²) >= 11 is 0. The molecule has 186 valence electrons. The zero-order chi connectivity index (χ0) is 25.4. The van der Waals surface area contributed by atoms with Crippen LogP contribution in [-0.4, -0.2) is 64.1 Å². The summed E-state index contributed by atoms with van der Waals surface area (Å²) in [6.07, 6.45) is 4.79. The van der Waals surface area contributed by atoms with E-state index in [2.05, 4.69) is 46.0 Å². The molecule has 0 saturated heterocycles. The van der Waals surface area contributed by atoms with E-state index in [4.69, 9.17) is 15.4 Å². The van der Waals surface area contributed by atoms with E-state index in [-0.39, 0.29) is 12.5 Å². The van der Waals surface area contributed by atoms with E-state index in [0.29, 0.717) is 35.8 Å². The van der Waals surface area contributed by atoms with E-state index in [1.807, 2.05) is 13.0 Å². The van der Waals surface area contributed by atoms with Gasteiger partial charge in [-0.25, -0.2) is 0 Å². The van der Waals surface area contributed by atoms with Gasteiger partial charge in [-0.1, -0.05) is 30.8 Å². The van der Waals surface area contributed by atoms with Crippen LogP contribution in [0.25, 0.3) is 17.0 Å². The van der Waals surface area contributed by atoms with Crippen LogP contribution in [0.1, 0.15) is 35.9 Å². The molecule has 0 radical (unpaired) electrons. The van der Waals surface area contributed by atoms with Crippen LogP contribution >= 0.6 is 0 Å². The minimum Gasteiger partial charge on any atom is -0.404 e. The summed E-state index contributed by atoms with van der Waals surface area (Å²) in [5, 5.41) is 35.8. The number of benzene rings is 1. The Labute approximate surface area is 206 Å². The van der Waals surface area contributed by atoms with Crippen molar-refractivity contribution in [2.75, 3.05) is 32.8 Å². The quantitative estimate of drug-likeness (QED) is 0.298. The Bertz CT molecular complexity index is 1140. The third-order valence-corrected chi connectivity index (χ3v) is 6.18. The number of nitrogens with zero attached hydrogens (tertiary/aromatic N) is 4. The Balaban J connectivity index is 1.83. The number of allylic oxidation sites excluding steroid dienone is 3. The van der Waals surface area contributed by atoms with Crippen LogP contribution in [0.2, 0.25) is 0 Å². The first-order valence-electron chi connectivity index (χ1n) is 11.9. The monoisotopic (exact) mass is 478 g/mol. The summed E-state index contributed by atoms with van der Waals surface area (Å²) in [4.78, 5) is 6.73. The van der Waals surface area contributed by atoms with Crippen molar-refractivity contribution < 1.29 is 14.7 Å². The minimum atomic E-state index is -0.731. The van der Waals surface area contributed by atoms with Gasteiger partial charge in [-0.05, 0) is 49.0 Å². The Hall–Kier alpha value is -3.45. The molecule has 9 heteroatoms. The normalized spacial score (nSPS) is 15.7. The highest BCUT2D eigenvalue weighted by Crippen LogP contribution is 2.29. The molecular formula is C26H34N6O3. The van der Waals surface area contributed by atoms with Crippen LogP contribution in [0, 0.1) is 18.3 Å². The molecule has 1 atom stereocenters. The standard InChI is InChI=1S/C26H34N6O3/c1-4-9-29-18(3)20(13-27)12-21(14-28)26-30-25(31-35-26)24-6-5-19-7-10-32(15-22(34)16-33)11-8-23(19)17(24)2/h5-6,12,14,22,29,33-34H,3-4,7-11,15-16,28H2,1-2H3/b20-12-,21-14+/t22-/m0/s1. The molecule has 0 aliphatic carbocycles. The summed E-state index contributed by atoms with van der Waals surface area (Å²) in [5.41, 5.74) is 11.6. The fourth-order valence-corrected chi connectivity index (χ4v) is 4.18. The fraction of sp³-hybridized carbons (Fsp3) is 0.423. The molecule has 0 unspecified atom stereocenters. The van der Waals surface area contributed by atoms with E-state index in [0.717, 1.165) is 43.5 Å². The second-order valence-electron chi connectivity index (χ2n) is 8.63. The predicted molar refractivity (Wildman–Crippen MR) is 135 cm³/mol. The van der Waals surface area contributed by atoms with Gasteiger partial charge in [0.25, 0.3) is 5.89 Å². The molecule has 5 N–H and O–H groups in total. The van der Waals surface area contributed by atoms with Crippen LogP contribution in [0.3, 0.4) is 0 Å². The summed E-state index contributed by atoms with van der Waals surface area (Å²) in [7, 11) is 0. The molecule has 9 nitrogen and oxygen atoms in total. The molecule has 3 rings (SSSR count). The van der Waals surface area contributed by atoms with Crippen molar-refractivity contribution in [3.8, 4) is 17.5 Å². The van der Waals surface area contributed by atoms with E-state index in [1.54, 1.807) is 6.08 Å². The van der Waals surface area contributed by atoms with E-state index in [9.17, 15) is 10.4 Å². The highest BCUT2D eigenvalue weighted by Gasteiger charge is 2.21. The highest BCUT2D eigenvalue weighted by atomic mass is 16.5. The van der Waals surface area contributed by atoms with Crippen molar-refractivity contribution in [3.63, 3.8) is 0 Å². The lowest BCUT2D eigenvalue weighted by Crippen LogP contribution is -2.36. The van der Waals surface area contributed by atoms with Crippen molar-refractivity contribution in [1.29, 1.82) is 5.26 Å². The van der Waals surface area contributed by atoms with Crippen LogP contribution in [0.4, 0.5) is 0 Å². The minimum absolute atomic E-state index is 0.219. The number of aromatic nitrogens is 2. The number of nitrogens with one attached hydrogen (secondary N) is 1. The summed E-state index contributed by atoms with van der Waals surface area (Å²) in [6, 6.07) is 6.22. The summed E-state index contributed by atoms with van der Waals surface area (Å²) in [5.74, 6) is 0.670. The molecule has 35 heavy (non-hydrogen) atoms. The number of nitrogens with two attached hydrogens (primary N) is 1. The van der Waals surface area contributed by atoms with Crippen LogP contribution < -0.4 is 11.1 Å². The first-order chi connectivity index (χ1) is 16.9. The second-order valence-corrected chi connectivity index (χ2v) is 8.63. The molecule has 0 amide bonds. The number of nitriles is 1. The molecule has 1 aliphatic rings. The molecule has 0 fully saturated rings. The third kappa shape index (κ3) is 6.36. The number of aliphatic hydroxyl groups excluding tert-OH is 2. The fourth-order valence-electron chi connectivity index (χ4n) is 4.18. The molecule has 0 bridgehead atoms. The lowest BCUT2D eigenvalue weighted by molar-refractivity contribution is 0.0604. The van der Waals surface area contributed by atoms with E-state index < -0.39 is 6.10 Å². The zero-order valence-corrected chi connectivity index (χ0v) is 20.4. The average Bonchev–Trinajstić information content (AvgIpc) is 3.25. The van der Waals surface area contributed by atoms with Crippen molar-refractivity contribution in [3.05, 3.63) is 64.8 Å². The Kier molecular flexibility index (Phi) is 9.20. The summed E-state index contributed by atoms with van der Waals surface area (Å²) in [6.45, 7) is 10.6. The summed E-state index contributed by atoms with van der Waals surface area (Å²) < 4.78 is 5.50. The van der Waals surface area contributed by atoms with Crippen LogP contribution in [0.15, 0.2) is 46.8 Å². The maximum Gasteiger partial charge on any atom is 0.259 e. The van der Waals surface area contributed by atoms with Gasteiger partial charge in [0.15, 0.2) is 0 Å². The van der Waals surface area contributed by atoms with Crippen molar-refractivity contribution in [2.45, 2.75) is 39.2 Å². The Morgan fingerprint density at radius 2 is 2.17 bits per heavy atom. The van der Waals surface area contributed by atoms with Crippen molar-refractivity contribution in [2.24, 2.45) is 5.73 Å². The number of fused-ring (bicyclic) bond motifs is 1. The maximum absolute atomic E-state index is 9.81. The number of aliphatic hydroxyl groups is 2. The molecule has 0 saturated carbocycles. The molecule has 0 spiro atoms. The molecule has 1 aliphatic heterocycles. The Morgan fingerprint density at radius 1 is 1.40 bits per heavy atom. The first kappa shape index (κ1) is 26.2. The van der Waals surface area contributed by atoms with Crippen LogP contribution in [-0.2, 0) is 12.8 Å². The van der Waals surface area contributed by atoms with E-state index in [1.165, 1.54) is 17.3 Å². The van der Waals surface area contributed by atoms with Gasteiger partial charge in [0, 0.05) is 43.6 Å². The van der Waals surface area contributed by atoms with Crippen molar-refractivity contribution in [1.82, 2.24) is 20.4 Å². The van der Waals surface area contributed by atoms with Gasteiger partial charge in [-0.3, -0.25) is 0 Å². The zero-order valence-electron chi connectivity index (χ0n) is 20.4. The Morgan fingerprint density at radius 3 is 2.86 bits per heavy atom. The lowest BCUT2D eigenvalue weighted by atomic mass is 9.93. The van der Waals surface area contributed by atoms with Gasteiger partial charge in [0.05, 0.1) is 23.9 Å². The lowest BCUT2D eigenvalue weighted by Gasteiger charge is -2.21. The predicted octanol–water partition coefficient (Wildman–Crippen LogP) is 2.06. The topological polar surface area (TPSA) is 144 Å². The van der Waals surface area contributed by atoms with Gasteiger partial charge in [-0.2, -0.15) is 10.2 Å². The first-order valence-corrected chi connectivity index (χ1v) is 11.9.